The number of thiophene rings is 2. The highest BCUT2D eigenvalue weighted by Gasteiger charge is 2.08. The monoisotopic (exact) mass is 232 g/mol. The maximum absolute atomic E-state index is 4.07. The maximum atomic E-state index is 4.07. The van der Waals surface area contributed by atoms with E-state index in [1.807, 2.05) is 12.5 Å². The molecule has 2 nitrogen and oxygen atoms in total. The third-order valence-electron chi connectivity index (χ3n) is 2.17. The molecule has 3 aromatic heterocycles. The Labute approximate surface area is 95.5 Å². The molecule has 0 radical (unpaired) electrons. The van der Waals surface area contributed by atoms with E-state index in [-0.39, 0.29) is 0 Å². The zero-order chi connectivity index (χ0) is 10.1. The van der Waals surface area contributed by atoms with E-state index in [9.17, 15) is 0 Å². The first-order chi connectivity index (χ1) is 7.45. The lowest BCUT2D eigenvalue weighted by molar-refractivity contribution is 1.09. The van der Waals surface area contributed by atoms with Gasteiger partial charge in [0, 0.05) is 22.8 Å². The van der Waals surface area contributed by atoms with Crippen molar-refractivity contribution in [3.63, 3.8) is 0 Å². The zero-order valence-corrected chi connectivity index (χ0v) is 9.46. The smallest absolute Gasteiger partial charge is 0.109 e. The minimum atomic E-state index is 1.23. The van der Waals surface area contributed by atoms with Crippen molar-refractivity contribution in [3.05, 3.63) is 47.7 Å². The molecule has 0 fully saturated rings. The summed E-state index contributed by atoms with van der Waals surface area (Å²) in [5.74, 6) is 0. The Morgan fingerprint density at radius 2 is 2.13 bits per heavy atom. The largest absolute Gasteiger partial charge is 0.297 e. The molecule has 74 valence electrons. The number of hydrogen-bond acceptors (Lipinski definition) is 3. The van der Waals surface area contributed by atoms with E-state index in [1.165, 1.54) is 15.4 Å². The minimum absolute atomic E-state index is 1.23. The summed E-state index contributed by atoms with van der Waals surface area (Å²) in [7, 11) is 0. The van der Waals surface area contributed by atoms with E-state index in [4.69, 9.17) is 0 Å². The first-order valence-corrected chi connectivity index (χ1v) is 6.31. The molecule has 0 spiro atoms. The van der Waals surface area contributed by atoms with Gasteiger partial charge in [0.05, 0.1) is 6.33 Å². The van der Waals surface area contributed by atoms with Crippen molar-refractivity contribution in [2.45, 2.75) is 0 Å². The number of aromatic nitrogens is 2. The number of rotatable bonds is 2. The Bertz CT molecular complexity index is 486. The Balaban J connectivity index is 2.15. The van der Waals surface area contributed by atoms with Crippen LogP contribution in [0, 0.1) is 0 Å². The van der Waals surface area contributed by atoms with E-state index in [0.717, 1.165) is 0 Å². The molecule has 0 amide bonds. The SMILES string of the molecule is c1csc(-c2ccsc2-n2ccnc2)c1. The molecule has 0 aliphatic heterocycles. The van der Waals surface area contributed by atoms with Gasteiger partial charge in [-0.25, -0.2) is 4.98 Å². The number of hydrogen-bond donors (Lipinski definition) is 0. The second kappa shape index (κ2) is 3.64. The van der Waals surface area contributed by atoms with Gasteiger partial charge in [-0.3, -0.25) is 4.57 Å². The molecule has 0 saturated heterocycles. The highest BCUT2D eigenvalue weighted by molar-refractivity contribution is 7.16. The van der Waals surface area contributed by atoms with Crippen LogP contribution in [0.15, 0.2) is 47.7 Å². The second-order valence-electron chi connectivity index (χ2n) is 3.09. The second-order valence-corrected chi connectivity index (χ2v) is 4.93. The molecule has 3 aromatic rings. The summed E-state index contributed by atoms with van der Waals surface area (Å²) in [5.41, 5.74) is 1.29. The fourth-order valence-corrected chi connectivity index (χ4v) is 3.18. The van der Waals surface area contributed by atoms with Gasteiger partial charge in [0.2, 0.25) is 0 Å². The van der Waals surface area contributed by atoms with Crippen LogP contribution >= 0.6 is 22.7 Å². The van der Waals surface area contributed by atoms with E-state index >= 15 is 0 Å². The Hall–Kier alpha value is -1.39. The lowest BCUT2D eigenvalue weighted by atomic mass is 10.2. The van der Waals surface area contributed by atoms with Crippen molar-refractivity contribution in [1.82, 2.24) is 9.55 Å². The summed E-state index contributed by atoms with van der Waals surface area (Å²) >= 11 is 3.50. The first kappa shape index (κ1) is 8.88. The van der Waals surface area contributed by atoms with Gasteiger partial charge in [-0.15, -0.1) is 22.7 Å². The fraction of sp³-hybridized carbons (Fsp3) is 0. The molecule has 0 bridgehead atoms. The summed E-state index contributed by atoms with van der Waals surface area (Å²) in [6.45, 7) is 0. The van der Waals surface area contributed by atoms with E-state index in [0.29, 0.717) is 0 Å². The standard InChI is InChI=1S/C11H8N2S2/c1-2-10(14-6-1)9-3-7-15-11(9)13-5-4-12-8-13/h1-8H. The van der Waals surface area contributed by atoms with Crippen LogP contribution in [0.3, 0.4) is 0 Å². The fourth-order valence-electron chi connectivity index (χ4n) is 1.50. The molecule has 0 aliphatic carbocycles. The van der Waals surface area contributed by atoms with Gasteiger partial charge >= 0.3 is 0 Å². The minimum Gasteiger partial charge on any atom is -0.297 e. The van der Waals surface area contributed by atoms with Crippen LogP contribution in [-0.2, 0) is 0 Å². The average Bonchev–Trinajstić information content (AvgIpc) is 3.01. The summed E-state index contributed by atoms with van der Waals surface area (Å²) in [6, 6.07) is 6.38. The van der Waals surface area contributed by atoms with Crippen LogP contribution in [0.25, 0.3) is 15.4 Å². The van der Waals surface area contributed by atoms with Crippen LogP contribution in [0.2, 0.25) is 0 Å². The van der Waals surface area contributed by atoms with Crippen molar-refractivity contribution in [2.75, 3.05) is 0 Å². The van der Waals surface area contributed by atoms with Crippen LogP contribution in [0.1, 0.15) is 0 Å². The highest BCUT2D eigenvalue weighted by atomic mass is 32.1. The van der Waals surface area contributed by atoms with Crippen molar-refractivity contribution < 1.29 is 0 Å². The van der Waals surface area contributed by atoms with Gasteiger partial charge < -0.3 is 0 Å². The van der Waals surface area contributed by atoms with Gasteiger partial charge in [-0.1, -0.05) is 6.07 Å². The Kier molecular flexibility index (Phi) is 2.16. The Morgan fingerprint density at radius 3 is 2.87 bits per heavy atom. The summed E-state index contributed by atoms with van der Waals surface area (Å²) in [6.07, 6.45) is 5.61. The van der Waals surface area contributed by atoms with E-state index in [2.05, 4.69) is 38.5 Å². The molecule has 0 saturated carbocycles. The van der Waals surface area contributed by atoms with Crippen molar-refractivity contribution in [1.29, 1.82) is 0 Å². The van der Waals surface area contributed by atoms with Crippen LogP contribution < -0.4 is 0 Å². The van der Waals surface area contributed by atoms with Crippen molar-refractivity contribution in [3.8, 4) is 15.4 Å². The van der Waals surface area contributed by atoms with Gasteiger partial charge in [-0.2, -0.15) is 0 Å². The van der Waals surface area contributed by atoms with E-state index in [1.54, 1.807) is 28.9 Å². The van der Waals surface area contributed by atoms with Gasteiger partial charge in [0.25, 0.3) is 0 Å². The number of nitrogens with zero attached hydrogens (tertiary/aromatic N) is 2. The van der Waals surface area contributed by atoms with Crippen LogP contribution in [0.5, 0.6) is 0 Å². The predicted octanol–water partition coefficient (Wildman–Crippen LogP) is 3.66. The highest BCUT2D eigenvalue weighted by Crippen LogP contribution is 2.33. The zero-order valence-electron chi connectivity index (χ0n) is 7.83. The van der Waals surface area contributed by atoms with Crippen LogP contribution in [0.4, 0.5) is 0 Å². The quantitative estimate of drug-likeness (QED) is 0.659. The molecule has 15 heavy (non-hydrogen) atoms. The maximum Gasteiger partial charge on any atom is 0.109 e. The molecule has 4 heteroatoms. The van der Waals surface area contributed by atoms with Crippen LogP contribution in [-0.4, -0.2) is 9.55 Å². The predicted molar refractivity (Wildman–Crippen MR) is 64.8 cm³/mol. The molecule has 3 heterocycles. The molecular formula is C11H8N2S2. The lowest BCUT2D eigenvalue weighted by Gasteiger charge is -2.01. The molecular weight excluding hydrogens is 224 g/mol. The van der Waals surface area contributed by atoms with Gasteiger partial charge in [0.1, 0.15) is 5.00 Å². The van der Waals surface area contributed by atoms with Gasteiger partial charge in [-0.05, 0) is 22.9 Å². The summed E-state index contributed by atoms with van der Waals surface area (Å²) in [4.78, 5) is 5.38. The summed E-state index contributed by atoms with van der Waals surface area (Å²) in [5, 5.41) is 5.45. The van der Waals surface area contributed by atoms with E-state index < -0.39 is 0 Å². The lowest BCUT2D eigenvalue weighted by Crippen LogP contribution is -1.86. The molecule has 3 rings (SSSR count). The Morgan fingerprint density at radius 1 is 1.13 bits per heavy atom. The third-order valence-corrected chi connectivity index (χ3v) is 4.00. The van der Waals surface area contributed by atoms with Crippen molar-refractivity contribution in [2.24, 2.45) is 0 Å². The van der Waals surface area contributed by atoms with Gasteiger partial charge in [0.15, 0.2) is 0 Å². The third kappa shape index (κ3) is 1.52. The molecule has 0 aliphatic rings. The topological polar surface area (TPSA) is 17.8 Å². The summed E-state index contributed by atoms with van der Waals surface area (Å²) < 4.78 is 2.06. The molecule has 0 N–H and O–H groups in total. The molecule has 0 aromatic carbocycles. The average molecular weight is 232 g/mol. The normalized spacial score (nSPS) is 10.7. The molecule has 0 atom stereocenters. The first-order valence-electron chi connectivity index (χ1n) is 4.55. The molecule has 0 unspecified atom stereocenters. The van der Waals surface area contributed by atoms with Crippen molar-refractivity contribution >= 4 is 22.7 Å². The number of imidazole rings is 1.